The zero-order chi connectivity index (χ0) is 23.6. The molecule has 0 aliphatic carbocycles. The lowest BCUT2D eigenvalue weighted by Crippen LogP contribution is -2.21. The molecule has 0 aliphatic rings. The summed E-state index contributed by atoms with van der Waals surface area (Å²) in [4.78, 5) is 36.7. The summed E-state index contributed by atoms with van der Waals surface area (Å²) in [7, 11) is 2.84. The van der Waals surface area contributed by atoms with Crippen LogP contribution < -0.4 is 10.1 Å². The van der Waals surface area contributed by atoms with Gasteiger partial charge in [0, 0.05) is 11.3 Å². The molecule has 7 heteroatoms. The number of benzene rings is 3. The molecule has 0 spiro atoms. The van der Waals surface area contributed by atoms with Crippen molar-refractivity contribution < 1.29 is 28.6 Å². The number of anilines is 1. The normalized spacial score (nSPS) is 10.8. The predicted octanol–water partition coefficient (Wildman–Crippen LogP) is 4.20. The predicted molar refractivity (Wildman–Crippen MR) is 125 cm³/mol. The van der Waals surface area contributed by atoms with E-state index in [0.717, 1.165) is 0 Å². The average Bonchev–Trinajstić information content (AvgIpc) is 2.86. The van der Waals surface area contributed by atoms with Crippen molar-refractivity contribution in [2.24, 2.45) is 0 Å². The van der Waals surface area contributed by atoms with E-state index in [-0.39, 0.29) is 5.57 Å². The van der Waals surface area contributed by atoms with E-state index in [9.17, 15) is 14.4 Å². The van der Waals surface area contributed by atoms with Gasteiger partial charge >= 0.3 is 11.9 Å². The fourth-order valence-electron chi connectivity index (χ4n) is 3.03. The van der Waals surface area contributed by atoms with Crippen LogP contribution in [-0.4, -0.2) is 38.7 Å². The maximum Gasteiger partial charge on any atom is 0.339 e. The summed E-state index contributed by atoms with van der Waals surface area (Å²) in [6.45, 7) is -0.478. The van der Waals surface area contributed by atoms with Crippen LogP contribution in [0.1, 0.15) is 21.5 Å². The van der Waals surface area contributed by atoms with Crippen molar-refractivity contribution in [2.45, 2.75) is 0 Å². The molecule has 0 saturated heterocycles. The molecule has 1 N–H and O–H groups in total. The lowest BCUT2D eigenvalue weighted by Gasteiger charge is -2.11. The Labute approximate surface area is 191 Å². The first-order chi connectivity index (χ1) is 16.0. The Hall–Kier alpha value is -4.39. The monoisotopic (exact) mass is 445 g/mol. The number of hydrogen-bond donors (Lipinski definition) is 1. The van der Waals surface area contributed by atoms with Crippen LogP contribution in [0.3, 0.4) is 0 Å². The van der Waals surface area contributed by atoms with Crippen LogP contribution in [0.15, 0.2) is 78.9 Å². The topological polar surface area (TPSA) is 90.9 Å². The van der Waals surface area contributed by atoms with E-state index in [1.807, 2.05) is 36.4 Å². The molecule has 0 fully saturated rings. The fourth-order valence-corrected chi connectivity index (χ4v) is 3.03. The Morgan fingerprint density at radius 1 is 0.818 bits per heavy atom. The van der Waals surface area contributed by atoms with Crippen molar-refractivity contribution in [3.05, 3.63) is 95.6 Å². The van der Waals surface area contributed by atoms with Gasteiger partial charge in [0.25, 0.3) is 5.91 Å². The number of amides is 1. The molecule has 0 unspecified atom stereocenters. The number of esters is 2. The van der Waals surface area contributed by atoms with E-state index in [4.69, 9.17) is 9.47 Å². The van der Waals surface area contributed by atoms with E-state index in [1.54, 1.807) is 43.5 Å². The molecule has 0 aromatic heterocycles. The highest BCUT2D eigenvalue weighted by atomic mass is 16.5. The van der Waals surface area contributed by atoms with E-state index < -0.39 is 24.5 Å². The van der Waals surface area contributed by atoms with Gasteiger partial charge in [0.1, 0.15) is 5.75 Å². The van der Waals surface area contributed by atoms with Crippen LogP contribution in [0.25, 0.3) is 11.6 Å². The van der Waals surface area contributed by atoms with Crippen LogP contribution >= 0.6 is 0 Å². The SMILES string of the molecule is COC(=O)c1ccc(NC(=O)COC(=O)/C(=C/c2ccccc2OC)c2ccccc2)cc1. The standard InChI is InChI=1S/C26H23NO6/c1-31-23-11-7-6-10-20(23)16-22(18-8-4-3-5-9-18)26(30)33-17-24(28)27-21-14-12-19(13-15-21)25(29)32-2/h3-16H,17H2,1-2H3,(H,27,28)/b22-16+. The number of nitrogens with one attached hydrogen (secondary N) is 1. The Morgan fingerprint density at radius 3 is 2.15 bits per heavy atom. The van der Waals surface area contributed by atoms with Crippen molar-refractivity contribution in [3.8, 4) is 5.75 Å². The molecule has 168 valence electrons. The van der Waals surface area contributed by atoms with E-state index in [0.29, 0.717) is 28.1 Å². The summed E-state index contributed by atoms with van der Waals surface area (Å²) < 4.78 is 15.3. The molecule has 0 bridgehead atoms. The lowest BCUT2D eigenvalue weighted by atomic mass is 10.0. The van der Waals surface area contributed by atoms with E-state index in [1.165, 1.54) is 19.2 Å². The first kappa shape index (κ1) is 23.3. The Kier molecular flexibility index (Phi) is 7.96. The molecule has 0 atom stereocenters. The second kappa shape index (κ2) is 11.3. The highest BCUT2D eigenvalue weighted by Gasteiger charge is 2.17. The molecule has 33 heavy (non-hydrogen) atoms. The summed E-state index contributed by atoms with van der Waals surface area (Å²) in [6.07, 6.45) is 1.67. The van der Waals surface area contributed by atoms with Gasteiger partial charge in [0.2, 0.25) is 0 Å². The number of ether oxygens (including phenoxy) is 3. The average molecular weight is 445 g/mol. The number of carbonyl (C=O) groups is 3. The summed E-state index contributed by atoms with van der Waals surface area (Å²) in [5.74, 6) is -1.04. The number of hydrogen-bond acceptors (Lipinski definition) is 6. The first-order valence-electron chi connectivity index (χ1n) is 10.1. The smallest absolute Gasteiger partial charge is 0.339 e. The van der Waals surface area contributed by atoms with Gasteiger partial charge in [-0.05, 0) is 42.0 Å². The van der Waals surface area contributed by atoms with Gasteiger partial charge < -0.3 is 19.5 Å². The Bertz CT molecular complexity index is 1150. The van der Waals surface area contributed by atoms with Crippen LogP contribution in [-0.2, 0) is 19.1 Å². The highest BCUT2D eigenvalue weighted by molar-refractivity contribution is 6.22. The maximum absolute atomic E-state index is 12.9. The summed E-state index contributed by atoms with van der Waals surface area (Å²) in [5, 5.41) is 2.62. The minimum Gasteiger partial charge on any atom is -0.496 e. The minimum absolute atomic E-state index is 0.287. The van der Waals surface area contributed by atoms with Crippen LogP contribution in [0, 0.1) is 0 Å². The van der Waals surface area contributed by atoms with Crippen molar-refractivity contribution >= 4 is 35.2 Å². The molecule has 7 nitrogen and oxygen atoms in total. The van der Waals surface area contributed by atoms with E-state index in [2.05, 4.69) is 10.1 Å². The summed E-state index contributed by atoms with van der Waals surface area (Å²) in [5.41, 5.74) is 2.45. The second-order valence-electron chi connectivity index (χ2n) is 6.86. The molecule has 3 rings (SSSR count). The van der Waals surface area contributed by atoms with Gasteiger partial charge in [0.05, 0.1) is 25.4 Å². The summed E-state index contributed by atoms with van der Waals surface area (Å²) >= 11 is 0. The lowest BCUT2D eigenvalue weighted by molar-refractivity contribution is -0.141. The molecule has 3 aromatic carbocycles. The van der Waals surface area contributed by atoms with Crippen molar-refractivity contribution in [1.29, 1.82) is 0 Å². The minimum atomic E-state index is -0.650. The molecular formula is C26H23NO6. The molecule has 0 aliphatic heterocycles. The third kappa shape index (κ3) is 6.30. The first-order valence-corrected chi connectivity index (χ1v) is 10.1. The van der Waals surface area contributed by atoms with Gasteiger partial charge in [-0.2, -0.15) is 0 Å². The second-order valence-corrected chi connectivity index (χ2v) is 6.86. The number of carbonyl (C=O) groups excluding carboxylic acids is 3. The number of para-hydroxylation sites is 1. The fraction of sp³-hybridized carbons (Fsp3) is 0.115. The molecule has 0 radical (unpaired) electrons. The van der Waals surface area contributed by atoms with Crippen LogP contribution in [0.4, 0.5) is 5.69 Å². The molecular weight excluding hydrogens is 422 g/mol. The number of rotatable bonds is 8. The Morgan fingerprint density at radius 2 is 1.48 bits per heavy atom. The van der Waals surface area contributed by atoms with Gasteiger partial charge in [-0.1, -0.05) is 48.5 Å². The van der Waals surface area contributed by atoms with Crippen LogP contribution in [0.2, 0.25) is 0 Å². The maximum atomic E-state index is 12.9. The van der Waals surface area contributed by atoms with Gasteiger partial charge in [-0.25, -0.2) is 9.59 Å². The van der Waals surface area contributed by atoms with Crippen LogP contribution in [0.5, 0.6) is 5.75 Å². The number of methoxy groups -OCH3 is 2. The highest BCUT2D eigenvalue weighted by Crippen LogP contribution is 2.25. The third-order valence-corrected chi connectivity index (χ3v) is 4.67. The van der Waals surface area contributed by atoms with Gasteiger partial charge in [-0.3, -0.25) is 4.79 Å². The zero-order valence-electron chi connectivity index (χ0n) is 18.2. The largest absolute Gasteiger partial charge is 0.496 e. The van der Waals surface area contributed by atoms with Crippen molar-refractivity contribution in [1.82, 2.24) is 0 Å². The molecule has 0 heterocycles. The van der Waals surface area contributed by atoms with Crippen molar-refractivity contribution in [3.63, 3.8) is 0 Å². The van der Waals surface area contributed by atoms with Gasteiger partial charge in [-0.15, -0.1) is 0 Å². The summed E-state index contributed by atoms with van der Waals surface area (Å²) in [6, 6.07) is 22.5. The molecule has 3 aromatic rings. The zero-order valence-corrected chi connectivity index (χ0v) is 18.2. The third-order valence-electron chi connectivity index (χ3n) is 4.67. The van der Waals surface area contributed by atoms with Gasteiger partial charge in [0.15, 0.2) is 6.61 Å². The Balaban J connectivity index is 1.71. The molecule has 1 amide bonds. The van der Waals surface area contributed by atoms with Crippen molar-refractivity contribution in [2.75, 3.05) is 26.1 Å². The van der Waals surface area contributed by atoms with E-state index >= 15 is 0 Å². The molecule has 0 saturated carbocycles. The quantitative estimate of drug-likeness (QED) is 0.317.